The van der Waals surface area contributed by atoms with E-state index in [0.717, 1.165) is 11.3 Å². The summed E-state index contributed by atoms with van der Waals surface area (Å²) in [5.41, 5.74) is 2.98. The van der Waals surface area contributed by atoms with Crippen LogP contribution in [0, 0.1) is 5.92 Å². The first-order valence-electron chi connectivity index (χ1n) is 8.77. The van der Waals surface area contributed by atoms with Crippen LogP contribution in [-0.2, 0) is 4.79 Å². The average Bonchev–Trinajstić information content (AvgIpc) is 2.61. The zero-order valence-corrected chi connectivity index (χ0v) is 16.0. The molecule has 2 aromatic carbocycles. The first kappa shape index (κ1) is 19.5. The van der Waals surface area contributed by atoms with E-state index in [4.69, 9.17) is 0 Å². The minimum atomic E-state index is -0.175. The monoisotopic (exact) mass is 353 g/mol. The number of carbonyl (C=O) groups is 2. The van der Waals surface area contributed by atoms with Crippen LogP contribution in [0.25, 0.3) is 0 Å². The highest BCUT2D eigenvalue weighted by atomic mass is 16.2. The van der Waals surface area contributed by atoms with Crippen molar-refractivity contribution in [2.75, 3.05) is 24.3 Å². The van der Waals surface area contributed by atoms with Gasteiger partial charge >= 0.3 is 0 Å². The van der Waals surface area contributed by atoms with Gasteiger partial charge < -0.3 is 15.5 Å². The topological polar surface area (TPSA) is 61.4 Å². The Morgan fingerprint density at radius 2 is 1.62 bits per heavy atom. The molecule has 5 nitrogen and oxygen atoms in total. The fourth-order valence-corrected chi connectivity index (χ4v) is 2.57. The molecule has 5 heteroatoms. The number of nitrogens with zero attached hydrogens (tertiary/aromatic N) is 1. The van der Waals surface area contributed by atoms with Gasteiger partial charge in [-0.15, -0.1) is 0 Å². The van der Waals surface area contributed by atoms with Crippen molar-refractivity contribution in [2.45, 2.75) is 26.8 Å². The SMILES string of the molecule is CC(C)C(=O)Nc1ccc(N(C)C)c(C(=O)N[C@H](C)c2ccccc2)c1. The molecule has 2 aromatic rings. The van der Waals surface area contributed by atoms with Crippen LogP contribution in [0.15, 0.2) is 48.5 Å². The molecule has 0 heterocycles. The van der Waals surface area contributed by atoms with Crippen molar-refractivity contribution in [1.82, 2.24) is 5.32 Å². The summed E-state index contributed by atoms with van der Waals surface area (Å²) in [4.78, 5) is 26.7. The smallest absolute Gasteiger partial charge is 0.253 e. The Morgan fingerprint density at radius 1 is 0.962 bits per heavy atom. The van der Waals surface area contributed by atoms with Crippen LogP contribution in [0.3, 0.4) is 0 Å². The standard InChI is InChI=1S/C21H27N3O2/c1-14(2)20(25)23-17-11-12-19(24(4)5)18(13-17)21(26)22-15(3)16-9-7-6-8-10-16/h6-15H,1-5H3,(H,22,26)(H,23,25)/t15-/m1/s1. The molecule has 0 radical (unpaired) electrons. The molecule has 0 saturated carbocycles. The summed E-state index contributed by atoms with van der Waals surface area (Å²) in [5, 5.41) is 5.88. The fraction of sp³-hybridized carbons (Fsp3) is 0.333. The number of benzene rings is 2. The number of rotatable bonds is 6. The molecule has 0 aromatic heterocycles. The van der Waals surface area contributed by atoms with Crippen molar-refractivity contribution < 1.29 is 9.59 Å². The molecule has 0 aliphatic carbocycles. The van der Waals surface area contributed by atoms with Gasteiger partial charge in [-0.25, -0.2) is 0 Å². The molecule has 138 valence electrons. The zero-order chi connectivity index (χ0) is 19.3. The van der Waals surface area contributed by atoms with Gasteiger partial charge in [0, 0.05) is 31.4 Å². The fourth-order valence-electron chi connectivity index (χ4n) is 2.57. The van der Waals surface area contributed by atoms with Gasteiger partial charge in [0.15, 0.2) is 0 Å². The lowest BCUT2D eigenvalue weighted by molar-refractivity contribution is -0.118. The van der Waals surface area contributed by atoms with E-state index in [1.165, 1.54) is 0 Å². The number of hydrogen-bond acceptors (Lipinski definition) is 3. The highest BCUT2D eigenvalue weighted by molar-refractivity contribution is 6.02. The van der Waals surface area contributed by atoms with E-state index in [1.54, 1.807) is 6.07 Å². The van der Waals surface area contributed by atoms with Gasteiger partial charge in [-0.3, -0.25) is 9.59 Å². The lowest BCUT2D eigenvalue weighted by Crippen LogP contribution is -2.28. The highest BCUT2D eigenvalue weighted by Gasteiger charge is 2.18. The molecule has 2 amide bonds. The summed E-state index contributed by atoms with van der Waals surface area (Å²) >= 11 is 0. The van der Waals surface area contributed by atoms with Crippen LogP contribution in [0.2, 0.25) is 0 Å². The minimum Gasteiger partial charge on any atom is -0.377 e. The molecule has 0 unspecified atom stereocenters. The number of nitrogens with one attached hydrogen (secondary N) is 2. The largest absolute Gasteiger partial charge is 0.377 e. The Hall–Kier alpha value is -2.82. The average molecular weight is 353 g/mol. The van der Waals surface area contributed by atoms with Crippen LogP contribution in [0.1, 0.15) is 42.7 Å². The summed E-state index contributed by atoms with van der Waals surface area (Å²) in [6, 6.07) is 15.1. The predicted octanol–water partition coefficient (Wildman–Crippen LogP) is 3.84. The maximum atomic E-state index is 12.9. The summed E-state index contributed by atoms with van der Waals surface area (Å²) in [5.74, 6) is -0.379. The third kappa shape index (κ3) is 4.85. The van der Waals surface area contributed by atoms with E-state index in [-0.39, 0.29) is 23.8 Å². The van der Waals surface area contributed by atoms with Crippen LogP contribution in [-0.4, -0.2) is 25.9 Å². The van der Waals surface area contributed by atoms with Crippen molar-refractivity contribution in [3.63, 3.8) is 0 Å². The zero-order valence-electron chi connectivity index (χ0n) is 16.0. The second kappa shape index (κ2) is 8.52. The predicted molar refractivity (Wildman–Crippen MR) is 107 cm³/mol. The van der Waals surface area contributed by atoms with Crippen molar-refractivity contribution >= 4 is 23.2 Å². The summed E-state index contributed by atoms with van der Waals surface area (Å²) in [6.45, 7) is 5.62. The van der Waals surface area contributed by atoms with E-state index in [9.17, 15) is 9.59 Å². The van der Waals surface area contributed by atoms with Crippen molar-refractivity contribution in [2.24, 2.45) is 5.92 Å². The maximum absolute atomic E-state index is 12.9. The van der Waals surface area contributed by atoms with E-state index < -0.39 is 0 Å². The minimum absolute atomic E-state index is 0.0772. The van der Waals surface area contributed by atoms with Gasteiger partial charge in [0.05, 0.1) is 11.6 Å². The molecular weight excluding hydrogens is 326 g/mol. The first-order chi connectivity index (χ1) is 12.3. The number of carbonyl (C=O) groups excluding carboxylic acids is 2. The molecule has 0 bridgehead atoms. The second-order valence-corrected chi connectivity index (χ2v) is 6.88. The van der Waals surface area contributed by atoms with Crippen molar-refractivity contribution in [3.8, 4) is 0 Å². The number of hydrogen-bond donors (Lipinski definition) is 2. The molecular formula is C21H27N3O2. The molecule has 2 N–H and O–H groups in total. The van der Waals surface area contributed by atoms with Gasteiger partial charge in [0.1, 0.15) is 0 Å². The van der Waals surface area contributed by atoms with Crippen LogP contribution >= 0.6 is 0 Å². The number of anilines is 2. The Morgan fingerprint density at radius 3 is 2.19 bits per heavy atom. The summed E-state index contributed by atoms with van der Waals surface area (Å²) < 4.78 is 0. The Balaban J connectivity index is 2.26. The van der Waals surface area contributed by atoms with Crippen molar-refractivity contribution in [3.05, 3.63) is 59.7 Å². The third-order valence-corrected chi connectivity index (χ3v) is 4.16. The van der Waals surface area contributed by atoms with Gasteiger partial charge in [-0.05, 0) is 30.7 Å². The summed E-state index contributed by atoms with van der Waals surface area (Å²) in [7, 11) is 3.78. The molecule has 2 rings (SSSR count). The van der Waals surface area contributed by atoms with Gasteiger partial charge in [-0.1, -0.05) is 44.2 Å². The van der Waals surface area contributed by atoms with Gasteiger partial charge in [0.2, 0.25) is 5.91 Å². The second-order valence-electron chi connectivity index (χ2n) is 6.88. The van der Waals surface area contributed by atoms with Crippen LogP contribution in [0.4, 0.5) is 11.4 Å². The quantitative estimate of drug-likeness (QED) is 0.829. The highest BCUT2D eigenvalue weighted by Crippen LogP contribution is 2.24. The molecule has 0 saturated heterocycles. The maximum Gasteiger partial charge on any atom is 0.253 e. The molecule has 0 aliphatic rings. The Kier molecular flexibility index (Phi) is 6.39. The van der Waals surface area contributed by atoms with E-state index in [2.05, 4.69) is 10.6 Å². The molecule has 0 fully saturated rings. The van der Waals surface area contributed by atoms with E-state index in [0.29, 0.717) is 11.3 Å². The van der Waals surface area contributed by atoms with Gasteiger partial charge in [-0.2, -0.15) is 0 Å². The van der Waals surface area contributed by atoms with E-state index in [1.807, 2.05) is 82.2 Å². The molecule has 0 aliphatic heterocycles. The lowest BCUT2D eigenvalue weighted by atomic mass is 10.1. The lowest BCUT2D eigenvalue weighted by Gasteiger charge is -2.21. The van der Waals surface area contributed by atoms with E-state index >= 15 is 0 Å². The van der Waals surface area contributed by atoms with Gasteiger partial charge in [0.25, 0.3) is 5.91 Å². The molecule has 1 atom stereocenters. The normalized spacial score (nSPS) is 11.8. The van der Waals surface area contributed by atoms with Crippen LogP contribution in [0.5, 0.6) is 0 Å². The first-order valence-corrected chi connectivity index (χ1v) is 8.77. The molecule has 0 spiro atoms. The van der Waals surface area contributed by atoms with Crippen molar-refractivity contribution in [1.29, 1.82) is 0 Å². The summed E-state index contributed by atoms with van der Waals surface area (Å²) in [6.07, 6.45) is 0. The van der Waals surface area contributed by atoms with Crippen LogP contribution < -0.4 is 15.5 Å². The Bertz CT molecular complexity index is 770. The number of amides is 2. The third-order valence-electron chi connectivity index (χ3n) is 4.16. The molecule has 26 heavy (non-hydrogen) atoms. The Labute approximate surface area is 155 Å².